The minimum absolute atomic E-state index is 0.0639. The Morgan fingerprint density at radius 2 is 1.76 bits per heavy atom. The molecule has 1 fully saturated rings. The Morgan fingerprint density at radius 3 is 2.46 bits per heavy atom. The quantitative estimate of drug-likeness (QED) is 0.205. The van der Waals surface area contributed by atoms with E-state index in [-0.39, 0.29) is 5.54 Å². The summed E-state index contributed by atoms with van der Waals surface area (Å²) in [6.45, 7) is 10.4. The molecule has 0 radical (unpaired) electrons. The van der Waals surface area contributed by atoms with Crippen LogP contribution in [0.1, 0.15) is 61.6 Å². The molecule has 2 N–H and O–H groups in total. The molecule has 3 aromatic heterocycles. The van der Waals surface area contributed by atoms with Crippen molar-refractivity contribution in [1.29, 1.82) is 10.5 Å². The van der Waals surface area contributed by atoms with E-state index in [9.17, 15) is 10.5 Å². The predicted molar refractivity (Wildman–Crippen MR) is 182 cm³/mol. The van der Waals surface area contributed by atoms with E-state index in [0.29, 0.717) is 40.9 Å². The summed E-state index contributed by atoms with van der Waals surface area (Å²) in [7, 11) is 0. The van der Waals surface area contributed by atoms with Crippen molar-refractivity contribution in [3.63, 3.8) is 0 Å². The van der Waals surface area contributed by atoms with Gasteiger partial charge < -0.3 is 15.5 Å². The second-order valence-electron chi connectivity index (χ2n) is 12.8. The number of hydrogen-bond donors (Lipinski definition) is 2. The van der Waals surface area contributed by atoms with Crippen LogP contribution in [0.5, 0.6) is 0 Å². The molecular weight excluding hydrogens is 570 g/mol. The molecule has 0 spiro atoms. The molecule has 0 unspecified atom stereocenters. The third-order valence-corrected chi connectivity index (χ3v) is 8.30. The fourth-order valence-electron chi connectivity index (χ4n) is 6.15. The highest BCUT2D eigenvalue weighted by Gasteiger charge is 2.27. The summed E-state index contributed by atoms with van der Waals surface area (Å²) in [6.07, 6.45) is 7.48. The Morgan fingerprint density at radius 1 is 0.957 bits per heavy atom. The number of nitrogens with zero attached hydrogens (tertiary/aromatic N) is 7. The second-order valence-corrected chi connectivity index (χ2v) is 12.8. The highest BCUT2D eigenvalue weighted by atomic mass is 15.2. The largest absolute Gasteiger partial charge is 0.370 e. The average Bonchev–Trinajstić information content (AvgIpc) is 3.05. The maximum atomic E-state index is 10.5. The van der Waals surface area contributed by atoms with E-state index >= 15 is 0 Å². The number of hydrogen-bond acceptors (Lipinski definition) is 9. The zero-order valence-electron chi connectivity index (χ0n) is 26.7. The summed E-state index contributed by atoms with van der Waals surface area (Å²) in [5.41, 5.74) is 7.20. The molecule has 0 saturated carbocycles. The molecular formula is C37H37N9. The first-order valence-electron chi connectivity index (χ1n) is 15.6. The standard InChI is InChI=1S/C37H37N9/c1-24-18-29(12-11-25(24)19-33-27(20-38)23-41-35(44-33)26-8-7-15-40-22-26)42-36-31(21-39)34(30-9-5-6-10-32(30)43-36)46-16-13-28(14-17-46)45-37(2,3)4/h5-12,15,18,22-23,28,45H,13-14,16-17,19H2,1-4H3,(H,42,43). The van der Waals surface area contributed by atoms with Gasteiger partial charge in [-0.2, -0.15) is 10.5 Å². The van der Waals surface area contributed by atoms with E-state index in [1.165, 1.54) is 0 Å². The zero-order chi connectivity index (χ0) is 32.3. The summed E-state index contributed by atoms with van der Waals surface area (Å²) in [5, 5.41) is 28.4. The number of aryl methyl sites for hydroxylation is 1. The van der Waals surface area contributed by atoms with Crippen molar-refractivity contribution in [3.05, 3.63) is 101 Å². The summed E-state index contributed by atoms with van der Waals surface area (Å²) >= 11 is 0. The van der Waals surface area contributed by atoms with E-state index in [0.717, 1.165) is 64.9 Å². The Bertz CT molecular complexity index is 1960. The van der Waals surface area contributed by atoms with Gasteiger partial charge in [0.25, 0.3) is 0 Å². The lowest BCUT2D eigenvalue weighted by molar-refractivity contribution is 0.317. The SMILES string of the molecule is Cc1cc(Nc2nc3ccccc3c(N3CCC(NC(C)(C)C)CC3)c2C#N)ccc1Cc1nc(-c2cccnc2)ncc1C#N. The number of rotatable bonds is 7. The normalized spacial score (nSPS) is 13.7. The maximum absolute atomic E-state index is 10.5. The van der Waals surface area contributed by atoms with E-state index in [1.807, 2.05) is 55.5 Å². The molecule has 1 saturated heterocycles. The Hall–Kier alpha value is -5.38. The fraction of sp³-hybridized carbons (Fsp3) is 0.297. The van der Waals surface area contributed by atoms with Crippen LogP contribution in [-0.2, 0) is 6.42 Å². The molecule has 1 aliphatic rings. The van der Waals surface area contributed by atoms with Gasteiger partial charge >= 0.3 is 0 Å². The Labute approximate surface area is 270 Å². The van der Waals surface area contributed by atoms with Gasteiger partial charge in [-0.1, -0.05) is 24.3 Å². The smallest absolute Gasteiger partial charge is 0.161 e. The van der Waals surface area contributed by atoms with Gasteiger partial charge in [0.05, 0.1) is 22.5 Å². The zero-order valence-corrected chi connectivity index (χ0v) is 26.7. The topological polar surface area (TPSA) is 126 Å². The minimum Gasteiger partial charge on any atom is -0.370 e. The van der Waals surface area contributed by atoms with E-state index in [4.69, 9.17) is 9.97 Å². The minimum atomic E-state index is 0.0639. The number of para-hydroxylation sites is 1. The second kappa shape index (κ2) is 12.9. The molecule has 0 aliphatic carbocycles. The summed E-state index contributed by atoms with van der Waals surface area (Å²) in [4.78, 5) is 20.5. The third kappa shape index (κ3) is 6.66. The van der Waals surface area contributed by atoms with Gasteiger partial charge in [-0.15, -0.1) is 0 Å². The highest BCUT2D eigenvalue weighted by Crippen LogP contribution is 2.37. The highest BCUT2D eigenvalue weighted by molar-refractivity contribution is 5.98. The molecule has 230 valence electrons. The molecule has 9 nitrogen and oxygen atoms in total. The number of nitrogens with one attached hydrogen (secondary N) is 2. The van der Waals surface area contributed by atoms with Crippen molar-refractivity contribution in [2.24, 2.45) is 0 Å². The molecule has 5 aromatic rings. The van der Waals surface area contributed by atoms with Gasteiger partial charge in [-0.05, 0) is 82.0 Å². The van der Waals surface area contributed by atoms with Crippen LogP contribution in [-0.4, -0.2) is 44.6 Å². The van der Waals surface area contributed by atoms with Crippen LogP contribution in [0, 0.1) is 29.6 Å². The van der Waals surface area contributed by atoms with Crippen molar-refractivity contribution < 1.29 is 0 Å². The Kier molecular flexibility index (Phi) is 8.61. The Balaban J connectivity index is 1.28. The van der Waals surface area contributed by atoms with Gasteiger partial charge in [0, 0.05) is 66.3 Å². The van der Waals surface area contributed by atoms with E-state index in [2.05, 4.69) is 64.5 Å². The van der Waals surface area contributed by atoms with Crippen molar-refractivity contribution in [1.82, 2.24) is 25.3 Å². The summed E-state index contributed by atoms with van der Waals surface area (Å²) in [6, 6.07) is 23.0. The summed E-state index contributed by atoms with van der Waals surface area (Å²) in [5.74, 6) is 1.08. The van der Waals surface area contributed by atoms with Crippen LogP contribution in [0.25, 0.3) is 22.3 Å². The molecule has 0 amide bonds. The lowest BCUT2D eigenvalue weighted by Gasteiger charge is -2.38. The van der Waals surface area contributed by atoms with Crippen LogP contribution in [0.15, 0.2) is 73.2 Å². The van der Waals surface area contributed by atoms with Crippen molar-refractivity contribution in [2.75, 3.05) is 23.3 Å². The summed E-state index contributed by atoms with van der Waals surface area (Å²) < 4.78 is 0. The van der Waals surface area contributed by atoms with E-state index < -0.39 is 0 Å². The van der Waals surface area contributed by atoms with Gasteiger partial charge in [0.15, 0.2) is 11.6 Å². The lowest BCUT2D eigenvalue weighted by Crippen LogP contribution is -2.49. The fourth-order valence-corrected chi connectivity index (χ4v) is 6.15. The van der Waals surface area contributed by atoms with Gasteiger partial charge in [-0.3, -0.25) is 4.98 Å². The van der Waals surface area contributed by atoms with Crippen LogP contribution in [0.2, 0.25) is 0 Å². The number of anilines is 3. The van der Waals surface area contributed by atoms with Crippen LogP contribution in [0.3, 0.4) is 0 Å². The van der Waals surface area contributed by atoms with Crippen LogP contribution < -0.4 is 15.5 Å². The average molecular weight is 608 g/mol. The molecule has 1 aliphatic heterocycles. The molecule has 0 bridgehead atoms. The number of benzene rings is 2. The third-order valence-electron chi connectivity index (χ3n) is 8.30. The van der Waals surface area contributed by atoms with Gasteiger partial charge in [0.2, 0.25) is 0 Å². The predicted octanol–water partition coefficient (Wildman–Crippen LogP) is 6.83. The molecule has 6 rings (SSSR count). The number of aromatic nitrogens is 4. The van der Waals surface area contributed by atoms with Crippen molar-refractivity contribution in [3.8, 4) is 23.5 Å². The van der Waals surface area contributed by atoms with Gasteiger partial charge in [0.1, 0.15) is 17.7 Å². The molecule has 2 aromatic carbocycles. The number of nitriles is 2. The van der Waals surface area contributed by atoms with Crippen molar-refractivity contribution >= 4 is 28.1 Å². The first-order chi connectivity index (χ1) is 22.2. The number of piperidine rings is 1. The molecule has 0 atom stereocenters. The lowest BCUT2D eigenvalue weighted by atomic mass is 9.98. The van der Waals surface area contributed by atoms with Crippen molar-refractivity contribution in [2.45, 2.75) is 58.5 Å². The van der Waals surface area contributed by atoms with Crippen LogP contribution in [0.4, 0.5) is 17.2 Å². The first kappa shape index (κ1) is 30.6. The molecule has 46 heavy (non-hydrogen) atoms. The van der Waals surface area contributed by atoms with Crippen LogP contribution >= 0.6 is 0 Å². The number of pyridine rings is 2. The van der Waals surface area contributed by atoms with Gasteiger partial charge in [-0.25, -0.2) is 15.0 Å². The molecule has 9 heteroatoms. The van der Waals surface area contributed by atoms with E-state index in [1.54, 1.807) is 18.6 Å². The maximum Gasteiger partial charge on any atom is 0.161 e. The monoisotopic (exact) mass is 607 g/mol. The molecule has 4 heterocycles. The number of fused-ring (bicyclic) bond motifs is 1. The first-order valence-corrected chi connectivity index (χ1v) is 15.6.